The highest BCUT2D eigenvalue weighted by Crippen LogP contribution is 2.32. The largest absolute Gasteiger partial charge is 0.309 e. The molecule has 0 bridgehead atoms. The van der Waals surface area contributed by atoms with Gasteiger partial charge in [-0.1, -0.05) is 45.0 Å². The lowest BCUT2D eigenvalue weighted by atomic mass is 9.83. The molecule has 1 aliphatic rings. The summed E-state index contributed by atoms with van der Waals surface area (Å²) >= 11 is 0. The van der Waals surface area contributed by atoms with Crippen molar-refractivity contribution in [1.29, 1.82) is 0 Å². The van der Waals surface area contributed by atoms with E-state index in [1.54, 1.807) is 5.56 Å². The van der Waals surface area contributed by atoms with Crippen molar-refractivity contribution < 1.29 is 0 Å². The molecule has 0 saturated heterocycles. The Labute approximate surface area is 130 Å². The fourth-order valence-electron chi connectivity index (χ4n) is 3.39. The number of fused-ring (bicyclic) bond motifs is 1. The van der Waals surface area contributed by atoms with Gasteiger partial charge in [0, 0.05) is 12.1 Å². The molecule has 2 unspecified atom stereocenters. The molecular formula is C19H32N2. The van der Waals surface area contributed by atoms with Gasteiger partial charge in [-0.2, -0.15) is 0 Å². The lowest BCUT2D eigenvalue weighted by Gasteiger charge is -2.40. The van der Waals surface area contributed by atoms with E-state index in [-0.39, 0.29) is 0 Å². The first-order chi connectivity index (χ1) is 10.1. The Morgan fingerprint density at radius 1 is 1.29 bits per heavy atom. The van der Waals surface area contributed by atoms with Crippen LogP contribution in [-0.4, -0.2) is 31.1 Å². The highest BCUT2D eigenvalue weighted by molar-refractivity contribution is 5.34. The smallest absolute Gasteiger partial charge is 0.0480 e. The van der Waals surface area contributed by atoms with Gasteiger partial charge in [0.05, 0.1) is 0 Å². The summed E-state index contributed by atoms with van der Waals surface area (Å²) in [4.78, 5) is 2.59. The van der Waals surface area contributed by atoms with E-state index in [9.17, 15) is 0 Å². The lowest BCUT2D eigenvalue weighted by Crippen LogP contribution is -2.46. The van der Waals surface area contributed by atoms with Crippen molar-refractivity contribution in [2.75, 3.05) is 20.1 Å². The minimum atomic E-state index is 0.493. The van der Waals surface area contributed by atoms with Gasteiger partial charge in [0.15, 0.2) is 0 Å². The Morgan fingerprint density at radius 2 is 2.05 bits per heavy atom. The first-order valence-corrected chi connectivity index (χ1v) is 8.65. The predicted octanol–water partition coefficient (Wildman–Crippen LogP) is 4.02. The zero-order chi connectivity index (χ0) is 15.2. The van der Waals surface area contributed by atoms with Crippen molar-refractivity contribution in [3.63, 3.8) is 0 Å². The lowest BCUT2D eigenvalue weighted by molar-refractivity contribution is 0.165. The Bertz CT molecular complexity index is 427. The number of benzene rings is 1. The molecule has 2 rings (SSSR count). The van der Waals surface area contributed by atoms with E-state index in [2.05, 4.69) is 62.3 Å². The van der Waals surface area contributed by atoms with Gasteiger partial charge in [0.25, 0.3) is 0 Å². The Kier molecular flexibility index (Phi) is 6.25. The van der Waals surface area contributed by atoms with E-state index < -0.39 is 0 Å². The summed E-state index contributed by atoms with van der Waals surface area (Å²) in [5, 5.41) is 3.80. The summed E-state index contributed by atoms with van der Waals surface area (Å²) in [5.41, 5.74) is 3.07. The molecule has 1 aromatic carbocycles. The summed E-state index contributed by atoms with van der Waals surface area (Å²) < 4.78 is 0. The van der Waals surface area contributed by atoms with Crippen LogP contribution in [0.15, 0.2) is 24.3 Å². The summed E-state index contributed by atoms with van der Waals surface area (Å²) in [6, 6.07) is 10.1. The molecule has 0 saturated carbocycles. The van der Waals surface area contributed by atoms with Gasteiger partial charge in [0.2, 0.25) is 0 Å². The molecule has 0 amide bonds. The highest BCUT2D eigenvalue weighted by atomic mass is 15.2. The number of hydrogen-bond acceptors (Lipinski definition) is 2. The second-order valence-electron chi connectivity index (χ2n) is 6.90. The maximum atomic E-state index is 3.80. The molecule has 0 aromatic heterocycles. The van der Waals surface area contributed by atoms with Crippen LogP contribution in [0, 0.1) is 5.92 Å². The molecule has 0 aliphatic heterocycles. The van der Waals surface area contributed by atoms with Crippen molar-refractivity contribution >= 4 is 0 Å². The third-order valence-corrected chi connectivity index (χ3v) is 4.72. The molecule has 21 heavy (non-hydrogen) atoms. The number of nitrogens with one attached hydrogen (secondary N) is 1. The van der Waals surface area contributed by atoms with Crippen LogP contribution < -0.4 is 5.32 Å². The van der Waals surface area contributed by atoms with Crippen molar-refractivity contribution in [3.05, 3.63) is 35.4 Å². The van der Waals surface area contributed by atoms with Gasteiger partial charge in [-0.15, -0.1) is 0 Å². The van der Waals surface area contributed by atoms with E-state index >= 15 is 0 Å². The quantitative estimate of drug-likeness (QED) is 0.815. The van der Waals surface area contributed by atoms with Gasteiger partial charge in [-0.3, -0.25) is 0 Å². The van der Waals surface area contributed by atoms with E-state index in [0.29, 0.717) is 12.1 Å². The average Bonchev–Trinajstić information content (AvgIpc) is 2.50. The molecule has 0 radical (unpaired) electrons. The summed E-state index contributed by atoms with van der Waals surface area (Å²) in [6.07, 6.45) is 4.97. The van der Waals surface area contributed by atoms with Crippen molar-refractivity contribution in [2.24, 2.45) is 5.92 Å². The Hall–Kier alpha value is -0.860. The van der Waals surface area contributed by atoms with Crippen molar-refractivity contribution in [1.82, 2.24) is 10.2 Å². The minimum absolute atomic E-state index is 0.493. The van der Waals surface area contributed by atoms with Crippen LogP contribution >= 0.6 is 0 Å². The molecule has 0 heterocycles. The topological polar surface area (TPSA) is 15.3 Å². The van der Waals surface area contributed by atoms with E-state index in [4.69, 9.17) is 0 Å². The van der Waals surface area contributed by atoms with Crippen molar-refractivity contribution in [2.45, 2.75) is 58.5 Å². The minimum Gasteiger partial charge on any atom is -0.309 e. The van der Waals surface area contributed by atoms with E-state index in [1.165, 1.54) is 37.8 Å². The number of rotatable bonds is 7. The monoisotopic (exact) mass is 288 g/mol. The van der Waals surface area contributed by atoms with Crippen LogP contribution in [0.25, 0.3) is 0 Å². The Balaban J connectivity index is 2.12. The number of nitrogens with zero attached hydrogens (tertiary/aromatic N) is 1. The molecule has 2 atom stereocenters. The maximum absolute atomic E-state index is 3.80. The summed E-state index contributed by atoms with van der Waals surface area (Å²) in [7, 11) is 2.31. The molecule has 2 nitrogen and oxygen atoms in total. The number of aryl methyl sites for hydroxylation is 1. The molecule has 1 N–H and O–H groups in total. The van der Waals surface area contributed by atoms with Crippen LogP contribution in [0.4, 0.5) is 0 Å². The normalized spacial score (nSPS) is 21.8. The fourth-order valence-corrected chi connectivity index (χ4v) is 3.39. The fraction of sp³-hybridized carbons (Fsp3) is 0.684. The SMILES string of the molecule is CCCNC1c2ccccc2CCC1N(C)CCC(C)C. The van der Waals surface area contributed by atoms with Gasteiger partial charge in [-0.25, -0.2) is 0 Å². The van der Waals surface area contributed by atoms with Crippen molar-refractivity contribution in [3.8, 4) is 0 Å². The van der Waals surface area contributed by atoms with E-state index in [1.807, 2.05) is 0 Å². The van der Waals surface area contributed by atoms with Crippen LogP contribution in [0.1, 0.15) is 57.2 Å². The third-order valence-electron chi connectivity index (χ3n) is 4.72. The standard InChI is InChI=1S/C19H32N2/c1-5-13-20-19-17-9-7-6-8-16(17)10-11-18(19)21(4)14-12-15(2)3/h6-9,15,18-20H,5,10-14H2,1-4H3. The molecule has 0 fully saturated rings. The Morgan fingerprint density at radius 3 is 2.76 bits per heavy atom. The third kappa shape index (κ3) is 4.31. The molecule has 2 heteroatoms. The van der Waals surface area contributed by atoms with Gasteiger partial charge >= 0.3 is 0 Å². The summed E-state index contributed by atoms with van der Waals surface area (Å²) in [6.45, 7) is 9.19. The zero-order valence-electron chi connectivity index (χ0n) is 14.2. The number of hydrogen-bond donors (Lipinski definition) is 1. The predicted molar refractivity (Wildman–Crippen MR) is 91.7 cm³/mol. The first kappa shape index (κ1) is 16.5. The second-order valence-corrected chi connectivity index (χ2v) is 6.90. The van der Waals surface area contributed by atoms with Crippen LogP contribution in [0.5, 0.6) is 0 Å². The van der Waals surface area contributed by atoms with Crippen LogP contribution in [-0.2, 0) is 6.42 Å². The summed E-state index contributed by atoms with van der Waals surface area (Å²) in [5.74, 6) is 0.783. The highest BCUT2D eigenvalue weighted by Gasteiger charge is 2.31. The van der Waals surface area contributed by atoms with Gasteiger partial charge < -0.3 is 10.2 Å². The second kappa shape index (κ2) is 7.95. The van der Waals surface area contributed by atoms with Crippen LogP contribution in [0.2, 0.25) is 0 Å². The maximum Gasteiger partial charge on any atom is 0.0480 e. The van der Waals surface area contributed by atoms with Crippen LogP contribution in [0.3, 0.4) is 0 Å². The van der Waals surface area contributed by atoms with E-state index in [0.717, 1.165) is 12.5 Å². The van der Waals surface area contributed by atoms with Gasteiger partial charge in [0.1, 0.15) is 0 Å². The zero-order valence-corrected chi connectivity index (χ0v) is 14.2. The molecule has 1 aliphatic carbocycles. The van der Waals surface area contributed by atoms with Gasteiger partial charge in [-0.05, 0) is 62.9 Å². The first-order valence-electron chi connectivity index (χ1n) is 8.65. The molecular weight excluding hydrogens is 256 g/mol. The number of likely N-dealkylation sites (N-methyl/N-ethyl adjacent to an activating group) is 1. The molecule has 1 aromatic rings. The molecule has 118 valence electrons. The average molecular weight is 288 g/mol. The molecule has 0 spiro atoms.